The summed E-state index contributed by atoms with van der Waals surface area (Å²) in [5.74, 6) is -0.518. The number of anilines is 1. The first kappa shape index (κ1) is 27.7. The van der Waals surface area contributed by atoms with Gasteiger partial charge in [0.2, 0.25) is 0 Å². The van der Waals surface area contributed by atoms with Crippen LogP contribution >= 0.6 is 11.6 Å². The summed E-state index contributed by atoms with van der Waals surface area (Å²) in [6.07, 6.45) is 3.62. The van der Waals surface area contributed by atoms with Gasteiger partial charge >= 0.3 is 6.03 Å². The van der Waals surface area contributed by atoms with E-state index >= 15 is 0 Å². The highest BCUT2D eigenvalue weighted by atomic mass is 35.5. The van der Waals surface area contributed by atoms with Crippen molar-refractivity contribution in [2.75, 3.05) is 11.5 Å². The van der Waals surface area contributed by atoms with Gasteiger partial charge < -0.3 is 9.47 Å². The molecule has 0 saturated carbocycles. The molecule has 4 amide bonds. The fourth-order valence-corrected chi connectivity index (χ4v) is 4.59. The third-order valence-corrected chi connectivity index (χ3v) is 6.39. The quantitative estimate of drug-likeness (QED) is 0.193. The number of hydrogen-bond donors (Lipinski definition) is 1. The normalized spacial score (nSPS) is 14.4. The van der Waals surface area contributed by atoms with Crippen molar-refractivity contribution in [1.29, 1.82) is 0 Å². The molecule has 1 N–H and O–H groups in total. The van der Waals surface area contributed by atoms with Crippen LogP contribution in [0.25, 0.3) is 6.08 Å². The molecule has 0 atom stereocenters. The summed E-state index contributed by atoms with van der Waals surface area (Å²) in [6, 6.07) is 15.5. The number of carbonyl (C=O) groups excluding carboxylic acids is 3. The van der Waals surface area contributed by atoms with Crippen LogP contribution in [0.4, 0.5) is 10.5 Å². The largest absolute Gasteiger partial charge is 0.490 e. The number of imide groups is 2. The third-order valence-electron chi connectivity index (χ3n) is 6.03. The maximum atomic E-state index is 13.4. The smallest absolute Gasteiger partial charge is 0.335 e. The first-order chi connectivity index (χ1) is 18.7. The van der Waals surface area contributed by atoms with E-state index in [-0.39, 0.29) is 12.2 Å². The molecule has 4 rings (SSSR count). The van der Waals surface area contributed by atoms with Crippen LogP contribution in [0.2, 0.25) is 5.02 Å². The molecular formula is C31H29ClN2O5. The van der Waals surface area contributed by atoms with Gasteiger partial charge in [-0.25, -0.2) is 9.69 Å². The van der Waals surface area contributed by atoms with E-state index in [1.54, 1.807) is 36.4 Å². The van der Waals surface area contributed by atoms with Crippen molar-refractivity contribution in [3.63, 3.8) is 0 Å². The average molecular weight is 545 g/mol. The molecule has 1 heterocycles. The van der Waals surface area contributed by atoms with Crippen molar-refractivity contribution in [3.8, 4) is 11.5 Å². The summed E-state index contributed by atoms with van der Waals surface area (Å²) in [5, 5.41) is 2.87. The zero-order valence-corrected chi connectivity index (χ0v) is 22.8. The van der Waals surface area contributed by atoms with Gasteiger partial charge in [0.25, 0.3) is 11.8 Å². The van der Waals surface area contributed by atoms with E-state index in [0.717, 1.165) is 27.2 Å². The van der Waals surface area contributed by atoms with Gasteiger partial charge in [-0.1, -0.05) is 41.9 Å². The molecule has 0 unspecified atom stereocenters. The van der Waals surface area contributed by atoms with E-state index in [4.69, 9.17) is 21.1 Å². The maximum absolute atomic E-state index is 13.4. The molecule has 7 nitrogen and oxygen atoms in total. The van der Waals surface area contributed by atoms with Crippen LogP contribution in [-0.2, 0) is 22.6 Å². The molecule has 1 saturated heterocycles. The molecule has 3 aromatic carbocycles. The van der Waals surface area contributed by atoms with E-state index in [1.165, 1.54) is 6.08 Å². The monoisotopic (exact) mass is 544 g/mol. The topological polar surface area (TPSA) is 84.9 Å². The van der Waals surface area contributed by atoms with E-state index < -0.39 is 17.8 Å². The highest BCUT2D eigenvalue weighted by Crippen LogP contribution is 2.36. The van der Waals surface area contributed by atoms with Crippen LogP contribution < -0.4 is 19.7 Å². The summed E-state index contributed by atoms with van der Waals surface area (Å²) < 4.78 is 12.1. The second kappa shape index (κ2) is 12.0. The molecule has 39 heavy (non-hydrogen) atoms. The lowest BCUT2D eigenvalue weighted by Gasteiger charge is -2.27. The summed E-state index contributed by atoms with van der Waals surface area (Å²) in [4.78, 5) is 39.9. The Kier molecular flexibility index (Phi) is 8.52. The molecule has 0 bridgehead atoms. The standard InChI is InChI=1S/C31H29ClN2O5/c1-5-9-22-15-21(17-27(38-6-2)28(22)39-18-23-10-7-8-11-26(23)32)16-25-29(35)33-31(37)34(30(25)36)24-13-19(3)12-20(4)14-24/h5,7-8,10-17H,1,6,9,18H2,2-4H3,(H,33,35,37)/b25-16+. The zero-order valence-electron chi connectivity index (χ0n) is 22.0. The van der Waals surface area contributed by atoms with Gasteiger partial charge in [0, 0.05) is 16.1 Å². The predicted octanol–water partition coefficient (Wildman–Crippen LogP) is 6.33. The Balaban J connectivity index is 1.74. The Morgan fingerprint density at radius 1 is 0.974 bits per heavy atom. The molecule has 1 aliphatic heterocycles. The minimum Gasteiger partial charge on any atom is -0.490 e. The summed E-state index contributed by atoms with van der Waals surface area (Å²) >= 11 is 6.30. The van der Waals surface area contributed by atoms with Crippen LogP contribution in [-0.4, -0.2) is 24.5 Å². The average Bonchev–Trinajstić information content (AvgIpc) is 2.87. The number of hydrogen-bond acceptors (Lipinski definition) is 5. The van der Waals surface area contributed by atoms with Crippen molar-refractivity contribution in [3.05, 3.63) is 106 Å². The number of nitrogens with zero attached hydrogens (tertiary/aromatic N) is 1. The molecule has 200 valence electrons. The van der Waals surface area contributed by atoms with Crippen molar-refractivity contribution in [1.82, 2.24) is 5.32 Å². The molecule has 8 heteroatoms. The van der Waals surface area contributed by atoms with Gasteiger partial charge in [0.1, 0.15) is 12.2 Å². The Bertz CT molecular complexity index is 1470. The number of allylic oxidation sites excluding steroid dienone is 1. The number of benzene rings is 3. The van der Waals surface area contributed by atoms with Crippen molar-refractivity contribution in [2.24, 2.45) is 0 Å². The van der Waals surface area contributed by atoms with E-state index in [2.05, 4.69) is 11.9 Å². The van der Waals surface area contributed by atoms with Crippen LogP contribution in [0.5, 0.6) is 11.5 Å². The lowest BCUT2D eigenvalue weighted by molar-refractivity contribution is -0.122. The Hall–Kier alpha value is -4.36. The summed E-state index contributed by atoms with van der Waals surface area (Å²) in [5.41, 5.74) is 4.09. The molecule has 3 aromatic rings. The Morgan fingerprint density at radius 2 is 1.69 bits per heavy atom. The highest BCUT2D eigenvalue weighted by Gasteiger charge is 2.37. The van der Waals surface area contributed by atoms with E-state index in [1.807, 2.05) is 45.0 Å². The summed E-state index contributed by atoms with van der Waals surface area (Å²) in [6.45, 7) is 10.0. The van der Waals surface area contributed by atoms with Gasteiger partial charge in [0.15, 0.2) is 11.5 Å². The van der Waals surface area contributed by atoms with Gasteiger partial charge in [-0.05, 0) is 80.3 Å². The van der Waals surface area contributed by atoms with Crippen LogP contribution in [0, 0.1) is 13.8 Å². The van der Waals surface area contributed by atoms with Crippen LogP contribution in [0.3, 0.4) is 0 Å². The lowest BCUT2D eigenvalue weighted by Crippen LogP contribution is -2.54. The van der Waals surface area contributed by atoms with Crippen molar-refractivity contribution in [2.45, 2.75) is 33.8 Å². The number of nitrogens with one attached hydrogen (secondary N) is 1. The molecule has 1 aliphatic rings. The lowest BCUT2D eigenvalue weighted by atomic mass is 10.0. The SMILES string of the molecule is C=CCc1cc(/C=C2\C(=O)NC(=O)N(c3cc(C)cc(C)c3)C2=O)cc(OCC)c1OCc1ccccc1Cl. The number of carbonyl (C=O) groups is 3. The summed E-state index contributed by atoms with van der Waals surface area (Å²) in [7, 11) is 0. The molecule has 0 spiro atoms. The molecule has 0 radical (unpaired) electrons. The van der Waals surface area contributed by atoms with Gasteiger partial charge in [-0.2, -0.15) is 0 Å². The maximum Gasteiger partial charge on any atom is 0.335 e. The number of ether oxygens (including phenoxy) is 2. The zero-order chi connectivity index (χ0) is 28.1. The number of halogens is 1. The van der Waals surface area contributed by atoms with Crippen molar-refractivity contribution < 1.29 is 23.9 Å². The number of amides is 4. The first-order valence-electron chi connectivity index (χ1n) is 12.5. The Morgan fingerprint density at radius 3 is 2.36 bits per heavy atom. The number of aryl methyl sites for hydroxylation is 2. The molecule has 1 fully saturated rings. The second-order valence-corrected chi connectivity index (χ2v) is 9.52. The second-order valence-electron chi connectivity index (χ2n) is 9.12. The number of urea groups is 1. The third kappa shape index (κ3) is 6.21. The fraction of sp³-hybridized carbons (Fsp3) is 0.194. The molecule has 0 aliphatic carbocycles. The van der Waals surface area contributed by atoms with Crippen molar-refractivity contribution >= 4 is 41.2 Å². The first-order valence-corrected chi connectivity index (χ1v) is 12.9. The Labute approximate surface area is 232 Å². The molecular weight excluding hydrogens is 516 g/mol. The van der Waals surface area contributed by atoms with Gasteiger partial charge in [0.05, 0.1) is 12.3 Å². The molecule has 0 aromatic heterocycles. The minimum absolute atomic E-state index is 0.175. The van der Waals surface area contributed by atoms with E-state index in [0.29, 0.717) is 40.8 Å². The van der Waals surface area contributed by atoms with Crippen LogP contribution in [0.1, 0.15) is 34.7 Å². The van der Waals surface area contributed by atoms with E-state index in [9.17, 15) is 14.4 Å². The fourth-order valence-electron chi connectivity index (χ4n) is 4.40. The predicted molar refractivity (Wildman–Crippen MR) is 152 cm³/mol. The minimum atomic E-state index is -0.794. The van der Waals surface area contributed by atoms with Crippen LogP contribution in [0.15, 0.2) is 72.8 Å². The van der Waals surface area contributed by atoms with Gasteiger partial charge in [-0.15, -0.1) is 6.58 Å². The van der Waals surface area contributed by atoms with Gasteiger partial charge in [-0.3, -0.25) is 14.9 Å². The number of rotatable bonds is 9. The number of barbiturate groups is 1. The highest BCUT2D eigenvalue weighted by molar-refractivity contribution is 6.39.